The lowest BCUT2D eigenvalue weighted by Crippen LogP contribution is -2.13. The number of ether oxygens (including phenoxy) is 1. The molecule has 0 aliphatic heterocycles. The lowest BCUT2D eigenvalue weighted by Gasteiger charge is -2.06. The summed E-state index contributed by atoms with van der Waals surface area (Å²) < 4.78 is 7.15. The topological polar surface area (TPSA) is 80.3 Å². The molecule has 2 amide bonds. The van der Waals surface area contributed by atoms with Crippen molar-refractivity contribution in [3.05, 3.63) is 84.4 Å². The monoisotopic (exact) mass is 489 g/mol. The van der Waals surface area contributed by atoms with Gasteiger partial charge in [0.25, 0.3) is 0 Å². The van der Waals surface area contributed by atoms with Crippen LogP contribution in [-0.4, -0.2) is 29.2 Å². The van der Waals surface area contributed by atoms with Crippen molar-refractivity contribution in [3.8, 4) is 5.75 Å². The highest BCUT2D eigenvalue weighted by Gasteiger charge is 2.10. The molecule has 8 heteroatoms. The Morgan fingerprint density at radius 1 is 1.00 bits per heavy atom. The number of thiazole rings is 1. The smallest absolute Gasteiger partial charge is 0.248 e. The molecular weight excluding hydrogens is 466 g/mol. The van der Waals surface area contributed by atoms with Gasteiger partial charge in [0, 0.05) is 17.5 Å². The lowest BCUT2D eigenvalue weighted by atomic mass is 10.2. The zero-order chi connectivity index (χ0) is 23.8. The predicted molar refractivity (Wildman–Crippen MR) is 141 cm³/mol. The summed E-state index contributed by atoms with van der Waals surface area (Å²) in [5.41, 5.74) is 3.21. The van der Waals surface area contributed by atoms with E-state index in [2.05, 4.69) is 15.6 Å². The molecule has 4 aromatic rings. The molecule has 3 aromatic carbocycles. The highest BCUT2D eigenvalue weighted by Crippen LogP contribution is 2.31. The SMILES string of the molecule is CCOc1ccc(NC(=O)CSc2nc3ccc(NC(=O)C=Cc4ccccc4)cc3s2)cc1. The number of benzene rings is 3. The van der Waals surface area contributed by atoms with Crippen molar-refractivity contribution in [1.82, 2.24) is 4.98 Å². The summed E-state index contributed by atoms with van der Waals surface area (Å²) in [4.78, 5) is 29.1. The van der Waals surface area contributed by atoms with E-state index in [0.29, 0.717) is 12.3 Å². The Balaban J connectivity index is 1.31. The summed E-state index contributed by atoms with van der Waals surface area (Å²) in [6, 6.07) is 22.5. The highest BCUT2D eigenvalue weighted by atomic mass is 32.2. The first-order chi connectivity index (χ1) is 16.6. The maximum atomic E-state index is 12.3. The van der Waals surface area contributed by atoms with Gasteiger partial charge in [-0.05, 0) is 61.0 Å². The van der Waals surface area contributed by atoms with Gasteiger partial charge >= 0.3 is 0 Å². The first-order valence-electron chi connectivity index (χ1n) is 10.7. The van der Waals surface area contributed by atoms with E-state index in [4.69, 9.17) is 4.74 Å². The van der Waals surface area contributed by atoms with Gasteiger partial charge in [-0.3, -0.25) is 9.59 Å². The molecule has 0 aliphatic rings. The van der Waals surface area contributed by atoms with Crippen LogP contribution in [0.15, 0.2) is 83.2 Å². The van der Waals surface area contributed by atoms with Gasteiger partial charge in [-0.1, -0.05) is 42.1 Å². The van der Waals surface area contributed by atoms with Crippen LogP contribution in [0.5, 0.6) is 5.75 Å². The fraction of sp³-hybridized carbons (Fsp3) is 0.115. The molecule has 0 radical (unpaired) electrons. The van der Waals surface area contributed by atoms with Gasteiger partial charge in [0.05, 0.1) is 22.6 Å². The maximum absolute atomic E-state index is 12.3. The van der Waals surface area contributed by atoms with Crippen LogP contribution < -0.4 is 15.4 Å². The number of nitrogens with one attached hydrogen (secondary N) is 2. The van der Waals surface area contributed by atoms with Crippen molar-refractivity contribution in [2.24, 2.45) is 0 Å². The number of hydrogen-bond donors (Lipinski definition) is 2. The Morgan fingerprint density at radius 3 is 2.53 bits per heavy atom. The molecule has 0 atom stereocenters. The molecule has 2 N–H and O–H groups in total. The largest absolute Gasteiger partial charge is 0.494 e. The zero-order valence-electron chi connectivity index (χ0n) is 18.5. The predicted octanol–water partition coefficient (Wildman–Crippen LogP) is 6.08. The Bertz CT molecular complexity index is 1300. The zero-order valence-corrected chi connectivity index (χ0v) is 20.1. The summed E-state index contributed by atoms with van der Waals surface area (Å²) in [6.07, 6.45) is 3.28. The molecule has 0 saturated heterocycles. The lowest BCUT2D eigenvalue weighted by molar-refractivity contribution is -0.114. The van der Waals surface area contributed by atoms with E-state index in [0.717, 1.165) is 31.6 Å². The van der Waals surface area contributed by atoms with Gasteiger partial charge in [0.15, 0.2) is 4.34 Å². The molecule has 0 aliphatic carbocycles. The Hall–Kier alpha value is -3.62. The molecule has 1 aromatic heterocycles. The number of carbonyl (C=O) groups excluding carboxylic acids is 2. The molecule has 0 bridgehead atoms. The molecule has 0 fully saturated rings. The molecule has 4 rings (SSSR count). The summed E-state index contributed by atoms with van der Waals surface area (Å²) in [5, 5.41) is 5.75. The van der Waals surface area contributed by atoms with Crippen molar-refractivity contribution in [2.45, 2.75) is 11.3 Å². The minimum absolute atomic E-state index is 0.105. The normalized spacial score (nSPS) is 11.0. The molecule has 0 saturated carbocycles. The summed E-state index contributed by atoms with van der Waals surface area (Å²) in [6.45, 7) is 2.53. The molecule has 1 heterocycles. The third kappa shape index (κ3) is 6.69. The minimum Gasteiger partial charge on any atom is -0.494 e. The number of aromatic nitrogens is 1. The number of fused-ring (bicyclic) bond motifs is 1. The van der Waals surface area contributed by atoms with Crippen molar-refractivity contribution >= 4 is 62.6 Å². The van der Waals surface area contributed by atoms with E-state index in [1.807, 2.05) is 79.7 Å². The molecule has 0 unspecified atom stereocenters. The molecular formula is C26H23N3O3S2. The van der Waals surface area contributed by atoms with Gasteiger partial charge in [0.1, 0.15) is 5.75 Å². The minimum atomic E-state index is -0.201. The average molecular weight is 490 g/mol. The van der Waals surface area contributed by atoms with Gasteiger partial charge in [-0.25, -0.2) is 4.98 Å². The number of carbonyl (C=O) groups is 2. The average Bonchev–Trinajstić information content (AvgIpc) is 3.26. The quantitative estimate of drug-likeness (QED) is 0.220. The van der Waals surface area contributed by atoms with Crippen molar-refractivity contribution in [2.75, 3.05) is 23.0 Å². The van der Waals surface area contributed by atoms with Crippen molar-refractivity contribution in [3.63, 3.8) is 0 Å². The van der Waals surface area contributed by atoms with Crippen LogP contribution in [0.1, 0.15) is 12.5 Å². The van der Waals surface area contributed by atoms with Crippen molar-refractivity contribution < 1.29 is 14.3 Å². The number of rotatable bonds is 9. The summed E-state index contributed by atoms with van der Waals surface area (Å²) in [7, 11) is 0. The second kappa shape index (κ2) is 11.5. The molecule has 34 heavy (non-hydrogen) atoms. The van der Waals surface area contributed by atoms with Crippen LogP contribution in [-0.2, 0) is 9.59 Å². The van der Waals surface area contributed by atoms with Crippen LogP contribution in [0.25, 0.3) is 16.3 Å². The Morgan fingerprint density at radius 2 is 1.76 bits per heavy atom. The van der Waals surface area contributed by atoms with Crippen LogP contribution in [0, 0.1) is 0 Å². The van der Waals surface area contributed by atoms with E-state index in [9.17, 15) is 9.59 Å². The maximum Gasteiger partial charge on any atom is 0.248 e. The second-order valence-electron chi connectivity index (χ2n) is 7.19. The number of hydrogen-bond acceptors (Lipinski definition) is 6. The highest BCUT2D eigenvalue weighted by molar-refractivity contribution is 8.01. The number of amides is 2. The summed E-state index contributed by atoms with van der Waals surface area (Å²) in [5.74, 6) is 0.716. The fourth-order valence-electron chi connectivity index (χ4n) is 3.09. The number of nitrogens with zero attached hydrogens (tertiary/aromatic N) is 1. The van der Waals surface area contributed by atoms with E-state index < -0.39 is 0 Å². The Labute approximate surface area is 206 Å². The van der Waals surface area contributed by atoms with Gasteiger partial charge < -0.3 is 15.4 Å². The van der Waals surface area contributed by atoms with E-state index in [1.165, 1.54) is 29.2 Å². The van der Waals surface area contributed by atoms with E-state index in [-0.39, 0.29) is 17.6 Å². The van der Waals surface area contributed by atoms with E-state index >= 15 is 0 Å². The second-order valence-corrected chi connectivity index (χ2v) is 9.44. The van der Waals surface area contributed by atoms with Crippen LogP contribution in [0.3, 0.4) is 0 Å². The number of anilines is 2. The third-order valence-corrected chi connectivity index (χ3v) is 6.80. The summed E-state index contributed by atoms with van der Waals surface area (Å²) >= 11 is 2.87. The molecule has 0 spiro atoms. The molecule has 6 nitrogen and oxygen atoms in total. The number of thioether (sulfide) groups is 1. The first-order valence-corrected chi connectivity index (χ1v) is 12.5. The van der Waals surface area contributed by atoms with E-state index in [1.54, 1.807) is 6.08 Å². The molecule has 172 valence electrons. The van der Waals surface area contributed by atoms with Gasteiger partial charge in [-0.2, -0.15) is 0 Å². The van der Waals surface area contributed by atoms with Gasteiger partial charge in [0.2, 0.25) is 11.8 Å². The first kappa shape index (κ1) is 23.5. The van der Waals surface area contributed by atoms with Crippen LogP contribution in [0.2, 0.25) is 0 Å². The van der Waals surface area contributed by atoms with Gasteiger partial charge in [-0.15, -0.1) is 11.3 Å². The Kier molecular flexibility index (Phi) is 7.95. The fourth-order valence-corrected chi connectivity index (χ4v) is 5.00. The third-order valence-electron chi connectivity index (χ3n) is 4.64. The van der Waals surface area contributed by atoms with Crippen LogP contribution in [0.4, 0.5) is 11.4 Å². The standard InChI is InChI=1S/C26H23N3O3S2/c1-2-32-21-12-9-19(10-13-21)27-25(31)17-33-26-29-22-14-11-20(16-23(22)34-26)28-24(30)15-8-18-6-4-3-5-7-18/h3-16H,2,17H2,1H3,(H,27,31)(H,28,30). The van der Waals surface area contributed by atoms with Crippen LogP contribution >= 0.6 is 23.1 Å². The van der Waals surface area contributed by atoms with Crippen molar-refractivity contribution in [1.29, 1.82) is 0 Å².